The van der Waals surface area contributed by atoms with Gasteiger partial charge in [-0.3, -0.25) is 14.5 Å². The van der Waals surface area contributed by atoms with Crippen molar-refractivity contribution in [3.05, 3.63) is 35.4 Å². The van der Waals surface area contributed by atoms with Gasteiger partial charge in [0.25, 0.3) is 0 Å². The first kappa shape index (κ1) is 22.8. The van der Waals surface area contributed by atoms with Gasteiger partial charge in [-0.25, -0.2) is 0 Å². The molecule has 1 aromatic rings. The van der Waals surface area contributed by atoms with E-state index in [9.17, 15) is 9.59 Å². The maximum absolute atomic E-state index is 12.5. The molecule has 0 aromatic heterocycles. The Morgan fingerprint density at radius 3 is 2.23 bits per heavy atom. The first-order chi connectivity index (χ1) is 14.5. The molecule has 6 heteroatoms. The summed E-state index contributed by atoms with van der Waals surface area (Å²) in [6.07, 6.45) is 7.01. The number of hydrogen-bond donors (Lipinski definition) is 1. The van der Waals surface area contributed by atoms with Gasteiger partial charge in [-0.2, -0.15) is 0 Å². The van der Waals surface area contributed by atoms with Gasteiger partial charge in [0.1, 0.15) is 0 Å². The van der Waals surface area contributed by atoms with Crippen molar-refractivity contribution in [3.8, 4) is 0 Å². The predicted molar refractivity (Wildman–Crippen MR) is 120 cm³/mol. The summed E-state index contributed by atoms with van der Waals surface area (Å²) in [5.74, 6) is 0.109. The van der Waals surface area contributed by atoms with E-state index in [1.807, 2.05) is 11.9 Å². The van der Waals surface area contributed by atoms with Crippen LogP contribution in [0.1, 0.15) is 49.7 Å². The lowest BCUT2D eigenvalue weighted by Crippen LogP contribution is -2.38. The molecule has 2 heterocycles. The molecule has 0 bridgehead atoms. The number of carbonyl (C=O) groups is 2. The lowest BCUT2D eigenvalue weighted by Gasteiger charge is -2.30. The summed E-state index contributed by atoms with van der Waals surface area (Å²) in [4.78, 5) is 30.5. The van der Waals surface area contributed by atoms with Gasteiger partial charge in [-0.05, 0) is 69.4 Å². The van der Waals surface area contributed by atoms with Gasteiger partial charge in [-0.1, -0.05) is 30.7 Å². The summed E-state index contributed by atoms with van der Waals surface area (Å²) in [5.41, 5.74) is 7.91. The number of amides is 2. The van der Waals surface area contributed by atoms with Crippen molar-refractivity contribution in [2.75, 3.05) is 46.3 Å². The van der Waals surface area contributed by atoms with Gasteiger partial charge in [0.15, 0.2) is 0 Å². The smallest absolute Gasteiger partial charge is 0.222 e. The third kappa shape index (κ3) is 7.10. The molecular weight excluding hydrogens is 376 g/mol. The number of benzene rings is 1. The molecule has 2 fully saturated rings. The molecule has 6 nitrogen and oxygen atoms in total. The van der Waals surface area contributed by atoms with Crippen molar-refractivity contribution in [1.82, 2.24) is 14.7 Å². The van der Waals surface area contributed by atoms with Crippen LogP contribution in [0.3, 0.4) is 0 Å². The van der Waals surface area contributed by atoms with Gasteiger partial charge in [-0.15, -0.1) is 0 Å². The fraction of sp³-hybridized carbons (Fsp3) is 0.667. The standard InChI is InChI=1S/C24H38N4O2/c1-26(17-18-27-13-3-2-4-14-27)23(29)10-9-20-5-7-21(8-6-20)19-28-15-11-22(12-16-28)24(25)30/h5-8,22H,2-4,9-19H2,1H3,(H2,25,30). The first-order valence-electron chi connectivity index (χ1n) is 11.6. The van der Waals surface area contributed by atoms with Crippen LogP contribution in [0.25, 0.3) is 0 Å². The topological polar surface area (TPSA) is 69.9 Å². The average molecular weight is 415 g/mol. The van der Waals surface area contributed by atoms with Gasteiger partial charge >= 0.3 is 0 Å². The van der Waals surface area contributed by atoms with Gasteiger partial charge in [0.05, 0.1) is 0 Å². The van der Waals surface area contributed by atoms with Crippen molar-refractivity contribution in [2.45, 2.75) is 51.5 Å². The Morgan fingerprint density at radius 2 is 1.60 bits per heavy atom. The normalized spacial score (nSPS) is 19.0. The van der Waals surface area contributed by atoms with Gasteiger partial charge in [0, 0.05) is 39.0 Å². The molecule has 30 heavy (non-hydrogen) atoms. The van der Waals surface area contributed by atoms with E-state index in [0.29, 0.717) is 6.42 Å². The molecule has 2 saturated heterocycles. The second-order valence-corrected chi connectivity index (χ2v) is 8.99. The molecule has 1 aromatic carbocycles. The van der Waals surface area contributed by atoms with E-state index < -0.39 is 0 Å². The first-order valence-corrected chi connectivity index (χ1v) is 11.6. The summed E-state index contributed by atoms with van der Waals surface area (Å²) >= 11 is 0. The van der Waals surface area contributed by atoms with E-state index in [2.05, 4.69) is 34.1 Å². The van der Waals surface area contributed by atoms with Crippen molar-refractivity contribution in [1.29, 1.82) is 0 Å². The predicted octanol–water partition coefficient (Wildman–Crippen LogP) is 2.26. The number of piperidine rings is 2. The monoisotopic (exact) mass is 414 g/mol. The van der Waals surface area contributed by atoms with Crippen molar-refractivity contribution < 1.29 is 9.59 Å². The molecule has 0 spiro atoms. The maximum atomic E-state index is 12.5. The zero-order valence-electron chi connectivity index (χ0n) is 18.5. The van der Waals surface area contributed by atoms with E-state index >= 15 is 0 Å². The molecule has 0 radical (unpaired) electrons. The number of carbonyl (C=O) groups excluding carboxylic acids is 2. The second kappa shape index (κ2) is 11.5. The zero-order valence-corrected chi connectivity index (χ0v) is 18.5. The molecule has 0 aliphatic carbocycles. The van der Waals surface area contributed by atoms with Crippen LogP contribution in [0.5, 0.6) is 0 Å². The van der Waals surface area contributed by atoms with Crippen molar-refractivity contribution in [2.24, 2.45) is 11.7 Å². The van der Waals surface area contributed by atoms with E-state index in [0.717, 1.165) is 52.0 Å². The Hall–Kier alpha value is -1.92. The maximum Gasteiger partial charge on any atom is 0.222 e. The second-order valence-electron chi connectivity index (χ2n) is 8.99. The minimum Gasteiger partial charge on any atom is -0.369 e. The van der Waals surface area contributed by atoms with E-state index in [1.54, 1.807) is 0 Å². The number of rotatable bonds is 9. The van der Waals surface area contributed by atoms with Crippen LogP contribution in [0, 0.1) is 5.92 Å². The average Bonchev–Trinajstić information content (AvgIpc) is 2.78. The van der Waals surface area contributed by atoms with Crippen LogP contribution < -0.4 is 5.73 Å². The quantitative estimate of drug-likeness (QED) is 0.673. The summed E-state index contributed by atoms with van der Waals surface area (Å²) in [6.45, 7) is 6.93. The molecular formula is C24H38N4O2. The molecule has 0 unspecified atom stereocenters. The SMILES string of the molecule is CN(CCN1CCCCC1)C(=O)CCc1ccc(CN2CCC(C(N)=O)CC2)cc1. The Morgan fingerprint density at radius 1 is 0.967 bits per heavy atom. The number of nitrogens with two attached hydrogens (primary N) is 1. The number of likely N-dealkylation sites (tertiary alicyclic amines) is 2. The summed E-state index contributed by atoms with van der Waals surface area (Å²) < 4.78 is 0. The van der Waals surface area contributed by atoms with Crippen molar-refractivity contribution in [3.63, 3.8) is 0 Å². The van der Waals surface area contributed by atoms with Crippen LogP contribution in [0.2, 0.25) is 0 Å². The number of primary amides is 1. The molecule has 0 saturated carbocycles. The molecule has 0 atom stereocenters. The minimum absolute atomic E-state index is 0.0409. The van der Waals surface area contributed by atoms with Crippen molar-refractivity contribution >= 4 is 11.8 Å². The van der Waals surface area contributed by atoms with Crippen LogP contribution in [-0.2, 0) is 22.6 Å². The number of aryl methyl sites for hydroxylation is 1. The van der Waals surface area contributed by atoms with Crippen LogP contribution in [0.4, 0.5) is 0 Å². The summed E-state index contributed by atoms with van der Waals surface area (Å²) in [6, 6.07) is 8.62. The van der Waals surface area contributed by atoms with Gasteiger partial charge in [0.2, 0.25) is 11.8 Å². The van der Waals surface area contributed by atoms with Crippen LogP contribution >= 0.6 is 0 Å². The summed E-state index contributed by atoms with van der Waals surface area (Å²) in [7, 11) is 1.93. The number of likely N-dealkylation sites (N-methyl/N-ethyl adjacent to an activating group) is 1. The van der Waals surface area contributed by atoms with E-state index in [4.69, 9.17) is 5.73 Å². The molecule has 2 amide bonds. The number of nitrogens with zero attached hydrogens (tertiary/aromatic N) is 3. The van der Waals surface area contributed by atoms with Crippen LogP contribution in [0.15, 0.2) is 24.3 Å². The lowest BCUT2D eigenvalue weighted by atomic mass is 9.96. The van der Waals surface area contributed by atoms with E-state index in [1.165, 1.54) is 43.5 Å². The Balaban J connectivity index is 1.35. The fourth-order valence-electron chi connectivity index (χ4n) is 4.49. The Bertz CT molecular complexity index is 677. The fourth-order valence-corrected chi connectivity index (χ4v) is 4.49. The lowest BCUT2D eigenvalue weighted by molar-refractivity contribution is -0.130. The molecule has 3 rings (SSSR count). The summed E-state index contributed by atoms with van der Waals surface area (Å²) in [5, 5.41) is 0. The van der Waals surface area contributed by atoms with E-state index in [-0.39, 0.29) is 17.7 Å². The zero-order chi connectivity index (χ0) is 21.3. The van der Waals surface area contributed by atoms with Crippen LogP contribution in [-0.4, -0.2) is 72.8 Å². The highest BCUT2D eigenvalue weighted by atomic mass is 16.2. The molecule has 2 N–H and O–H groups in total. The number of hydrogen-bond acceptors (Lipinski definition) is 4. The third-order valence-electron chi connectivity index (χ3n) is 6.67. The minimum atomic E-state index is -0.161. The highest BCUT2D eigenvalue weighted by Crippen LogP contribution is 2.19. The highest BCUT2D eigenvalue weighted by Gasteiger charge is 2.23. The third-order valence-corrected chi connectivity index (χ3v) is 6.67. The molecule has 166 valence electrons. The highest BCUT2D eigenvalue weighted by molar-refractivity contribution is 5.76. The Labute approximate surface area is 181 Å². The molecule has 2 aliphatic rings. The van der Waals surface area contributed by atoms with Gasteiger partial charge < -0.3 is 15.5 Å². The molecule has 2 aliphatic heterocycles. The Kier molecular flexibility index (Phi) is 8.70. The largest absolute Gasteiger partial charge is 0.369 e.